The maximum atomic E-state index is 8.81. The van der Waals surface area contributed by atoms with E-state index in [0.717, 1.165) is 6.29 Å². The van der Waals surface area contributed by atoms with Crippen LogP contribution < -0.4 is 5.46 Å². The Balaban J connectivity index is -0.0000000579. The Morgan fingerprint density at radius 1 is 0.800 bits per heavy atom. The summed E-state index contributed by atoms with van der Waals surface area (Å²) in [5.74, 6) is 0. The lowest BCUT2D eigenvalue weighted by Crippen LogP contribution is -2.29. The van der Waals surface area contributed by atoms with Gasteiger partial charge in [0.15, 0.2) is 0 Å². The molecule has 1 rings (SSSR count). The highest BCUT2D eigenvalue weighted by Crippen LogP contribution is 1.82. The maximum Gasteiger partial charge on any atom is 0.488 e. The lowest BCUT2D eigenvalue weighted by molar-refractivity contribution is -0.106. The van der Waals surface area contributed by atoms with Crippen molar-refractivity contribution < 1.29 is 14.8 Å². The van der Waals surface area contributed by atoms with Crippen molar-refractivity contribution in [1.82, 2.24) is 0 Å². The van der Waals surface area contributed by atoms with Crippen molar-refractivity contribution in [2.75, 3.05) is 0 Å². The molecule has 0 aromatic heterocycles. The molecule has 0 radical (unpaired) electrons. The SMILES string of the molecule is CC.CC.CC.CC.CC=O.OB(O)c1ccccc1. The zero-order chi connectivity index (χ0) is 17.4. The highest BCUT2D eigenvalue weighted by atomic mass is 16.4. The maximum absolute atomic E-state index is 8.81. The molecule has 0 saturated carbocycles. The van der Waals surface area contributed by atoms with Gasteiger partial charge < -0.3 is 14.8 Å². The summed E-state index contributed by atoms with van der Waals surface area (Å²) in [4.78, 5) is 8.81. The monoisotopic (exact) mass is 286 g/mol. The predicted molar refractivity (Wildman–Crippen MR) is 93.4 cm³/mol. The molecule has 3 nitrogen and oxygen atoms in total. The quantitative estimate of drug-likeness (QED) is 0.611. The molecule has 1 aromatic carbocycles. The zero-order valence-corrected chi connectivity index (χ0v) is 14.8. The zero-order valence-electron chi connectivity index (χ0n) is 14.8. The highest BCUT2D eigenvalue weighted by molar-refractivity contribution is 6.58. The van der Waals surface area contributed by atoms with E-state index in [0.29, 0.717) is 5.46 Å². The molecule has 1 aromatic rings. The van der Waals surface area contributed by atoms with Gasteiger partial charge in [0.25, 0.3) is 0 Å². The van der Waals surface area contributed by atoms with Crippen LogP contribution >= 0.6 is 0 Å². The average molecular weight is 286 g/mol. The van der Waals surface area contributed by atoms with Crippen LogP contribution in [0.4, 0.5) is 0 Å². The van der Waals surface area contributed by atoms with Gasteiger partial charge in [0.2, 0.25) is 0 Å². The number of carbonyl (C=O) groups is 1. The minimum absolute atomic E-state index is 0.525. The van der Waals surface area contributed by atoms with Crippen molar-refractivity contribution in [3.63, 3.8) is 0 Å². The predicted octanol–water partition coefficient (Wildman–Crippen LogP) is 3.68. The minimum Gasteiger partial charge on any atom is -0.423 e. The van der Waals surface area contributed by atoms with Crippen LogP contribution in [0, 0.1) is 0 Å². The molecule has 2 N–H and O–H groups in total. The minimum atomic E-state index is -1.34. The van der Waals surface area contributed by atoms with Gasteiger partial charge >= 0.3 is 7.12 Å². The molecule has 0 atom stereocenters. The summed E-state index contributed by atoms with van der Waals surface area (Å²) < 4.78 is 0. The summed E-state index contributed by atoms with van der Waals surface area (Å²) in [5.41, 5.74) is 0.525. The second-order valence-electron chi connectivity index (χ2n) is 2.02. The van der Waals surface area contributed by atoms with E-state index in [1.165, 1.54) is 6.92 Å². The van der Waals surface area contributed by atoms with E-state index in [1.54, 1.807) is 24.3 Å². The molecule has 4 heteroatoms. The highest BCUT2D eigenvalue weighted by Gasteiger charge is 2.07. The van der Waals surface area contributed by atoms with E-state index in [2.05, 4.69) is 0 Å². The third-order valence-corrected chi connectivity index (χ3v) is 1.10. The third-order valence-electron chi connectivity index (χ3n) is 1.10. The Bertz CT molecular complexity index is 214. The van der Waals surface area contributed by atoms with Crippen LogP contribution in [0.2, 0.25) is 0 Å². The molecule has 0 saturated heterocycles. The number of aldehydes is 1. The van der Waals surface area contributed by atoms with Gasteiger partial charge in [0.1, 0.15) is 6.29 Å². The van der Waals surface area contributed by atoms with E-state index >= 15 is 0 Å². The fourth-order valence-electron chi connectivity index (χ4n) is 0.625. The van der Waals surface area contributed by atoms with Crippen LogP contribution in [-0.2, 0) is 4.79 Å². The molecule has 120 valence electrons. The van der Waals surface area contributed by atoms with Crippen molar-refractivity contribution in [3.05, 3.63) is 30.3 Å². The first kappa shape index (κ1) is 31.3. The number of benzene rings is 1. The largest absolute Gasteiger partial charge is 0.488 e. The number of rotatable bonds is 1. The van der Waals surface area contributed by atoms with Crippen molar-refractivity contribution in [2.24, 2.45) is 0 Å². The smallest absolute Gasteiger partial charge is 0.423 e. The normalized spacial score (nSPS) is 5.95. The van der Waals surface area contributed by atoms with E-state index in [4.69, 9.17) is 14.8 Å². The van der Waals surface area contributed by atoms with Gasteiger partial charge in [-0.05, 0) is 12.4 Å². The molecule has 0 amide bonds. The molecular formula is C16H35BO3. The second-order valence-corrected chi connectivity index (χ2v) is 2.02. The Hall–Kier alpha value is -1.13. The summed E-state index contributed by atoms with van der Waals surface area (Å²) in [6.07, 6.45) is 0.750. The van der Waals surface area contributed by atoms with Gasteiger partial charge in [-0.25, -0.2) is 0 Å². The Kier molecular flexibility index (Phi) is 67.4. The van der Waals surface area contributed by atoms with Gasteiger partial charge in [-0.1, -0.05) is 85.7 Å². The second kappa shape index (κ2) is 43.0. The molecule has 0 spiro atoms. The third kappa shape index (κ3) is 36.0. The molecule has 0 aliphatic rings. The number of carbonyl (C=O) groups excluding carboxylic acids is 1. The number of hydrogen-bond donors (Lipinski definition) is 2. The van der Waals surface area contributed by atoms with Gasteiger partial charge in [0, 0.05) is 0 Å². The summed E-state index contributed by atoms with van der Waals surface area (Å²) in [7, 11) is -1.34. The summed E-state index contributed by atoms with van der Waals surface area (Å²) >= 11 is 0. The van der Waals surface area contributed by atoms with Crippen LogP contribution in [-0.4, -0.2) is 23.5 Å². The van der Waals surface area contributed by atoms with E-state index in [-0.39, 0.29) is 0 Å². The first-order chi connectivity index (χ1) is 9.72. The van der Waals surface area contributed by atoms with Gasteiger partial charge in [-0.3, -0.25) is 0 Å². The average Bonchev–Trinajstić information content (AvgIpc) is 2.56. The van der Waals surface area contributed by atoms with E-state index in [1.807, 2.05) is 61.5 Å². The topological polar surface area (TPSA) is 57.5 Å². The lowest BCUT2D eigenvalue weighted by Gasteiger charge is -1.94. The lowest BCUT2D eigenvalue weighted by atomic mass is 9.81. The van der Waals surface area contributed by atoms with Crippen LogP contribution in [0.5, 0.6) is 0 Å². The van der Waals surface area contributed by atoms with Crippen molar-refractivity contribution in [3.8, 4) is 0 Å². The summed E-state index contributed by atoms with van der Waals surface area (Å²) in [6.45, 7) is 17.4. The van der Waals surface area contributed by atoms with Crippen LogP contribution in [0.3, 0.4) is 0 Å². The molecule has 0 fully saturated rings. The van der Waals surface area contributed by atoms with Gasteiger partial charge in [0.05, 0.1) is 0 Å². The van der Waals surface area contributed by atoms with Gasteiger partial charge in [-0.15, -0.1) is 0 Å². The molecule has 0 aliphatic heterocycles. The molecule has 0 heterocycles. The summed E-state index contributed by atoms with van der Waals surface area (Å²) in [6, 6.07) is 8.66. The molecular weight excluding hydrogens is 251 g/mol. The Morgan fingerprint density at radius 3 is 1.20 bits per heavy atom. The summed E-state index contributed by atoms with van der Waals surface area (Å²) in [5, 5.41) is 17.2. The first-order valence-electron chi connectivity index (χ1n) is 7.53. The van der Waals surface area contributed by atoms with Crippen molar-refractivity contribution >= 4 is 18.9 Å². The van der Waals surface area contributed by atoms with Crippen LogP contribution in [0.25, 0.3) is 0 Å². The van der Waals surface area contributed by atoms with E-state index < -0.39 is 7.12 Å². The van der Waals surface area contributed by atoms with Crippen LogP contribution in [0.15, 0.2) is 30.3 Å². The van der Waals surface area contributed by atoms with Crippen molar-refractivity contribution in [2.45, 2.75) is 62.3 Å². The molecule has 0 bridgehead atoms. The fraction of sp³-hybridized carbons (Fsp3) is 0.562. The standard InChI is InChI=1S/C6H7BO2.C2H4O.4C2H6/c8-7(9)6-4-2-1-3-5-6;1-2-3;4*1-2/h1-5,8-9H;2H,1H3;4*1-2H3. The Labute approximate surface area is 127 Å². The van der Waals surface area contributed by atoms with Gasteiger partial charge in [-0.2, -0.15) is 0 Å². The first-order valence-corrected chi connectivity index (χ1v) is 7.53. The number of hydrogen-bond acceptors (Lipinski definition) is 3. The van der Waals surface area contributed by atoms with E-state index in [9.17, 15) is 0 Å². The fourth-order valence-corrected chi connectivity index (χ4v) is 0.625. The van der Waals surface area contributed by atoms with Crippen LogP contribution in [0.1, 0.15) is 62.3 Å². The molecule has 0 unspecified atom stereocenters. The Morgan fingerprint density at radius 2 is 1.05 bits per heavy atom. The molecule has 20 heavy (non-hydrogen) atoms. The molecule has 0 aliphatic carbocycles. The van der Waals surface area contributed by atoms with Crippen molar-refractivity contribution in [1.29, 1.82) is 0 Å².